The fourth-order valence-electron chi connectivity index (χ4n) is 1.95. The highest BCUT2D eigenvalue weighted by molar-refractivity contribution is 9.10. The average Bonchev–Trinajstić information content (AvgIpc) is 2.37. The molecule has 0 saturated carbocycles. The van der Waals surface area contributed by atoms with Crippen LogP contribution in [0.5, 0.6) is 11.5 Å². The van der Waals surface area contributed by atoms with Gasteiger partial charge in [-0.2, -0.15) is 0 Å². The van der Waals surface area contributed by atoms with Gasteiger partial charge < -0.3 is 10.5 Å². The Balaban J connectivity index is 2.31. The first-order chi connectivity index (χ1) is 9.45. The van der Waals surface area contributed by atoms with Crippen molar-refractivity contribution in [2.75, 3.05) is 0 Å². The van der Waals surface area contributed by atoms with Crippen LogP contribution in [0.4, 0.5) is 0 Å². The van der Waals surface area contributed by atoms with Crippen molar-refractivity contribution in [2.24, 2.45) is 5.73 Å². The van der Waals surface area contributed by atoms with Crippen LogP contribution in [0, 0.1) is 6.92 Å². The zero-order chi connectivity index (χ0) is 14.7. The quantitative estimate of drug-likeness (QED) is 0.767. The van der Waals surface area contributed by atoms with Crippen LogP contribution in [0.25, 0.3) is 0 Å². The molecule has 2 N–H and O–H groups in total. The maximum absolute atomic E-state index is 6.02. The molecule has 0 aliphatic carbocycles. The van der Waals surface area contributed by atoms with E-state index in [-0.39, 0.29) is 6.04 Å². The minimum atomic E-state index is 0.102. The molecule has 0 fully saturated rings. The monoisotopic (exact) mass is 397 g/mol. The van der Waals surface area contributed by atoms with Crippen LogP contribution < -0.4 is 10.5 Å². The molecule has 1 unspecified atom stereocenters. The molecule has 0 radical (unpaired) electrons. The fourth-order valence-corrected chi connectivity index (χ4v) is 2.53. The summed E-state index contributed by atoms with van der Waals surface area (Å²) in [6, 6.07) is 12.1. The number of ether oxygens (including phenoxy) is 1. The SMILES string of the molecule is Cc1cc(Oc2cc(Br)ccc2CC(C)N)ccc1Br. The summed E-state index contributed by atoms with van der Waals surface area (Å²) in [5.74, 6) is 1.67. The van der Waals surface area contributed by atoms with Gasteiger partial charge in [-0.25, -0.2) is 0 Å². The zero-order valence-electron chi connectivity index (χ0n) is 11.5. The Bertz CT molecular complexity index is 611. The van der Waals surface area contributed by atoms with Crippen LogP contribution in [0.15, 0.2) is 45.3 Å². The minimum Gasteiger partial charge on any atom is -0.457 e. The minimum absolute atomic E-state index is 0.102. The molecular formula is C16H17Br2NO. The van der Waals surface area contributed by atoms with E-state index < -0.39 is 0 Å². The first kappa shape index (κ1) is 15.5. The molecule has 0 aliphatic heterocycles. The van der Waals surface area contributed by atoms with Crippen molar-refractivity contribution in [3.05, 3.63) is 56.5 Å². The highest BCUT2D eigenvalue weighted by atomic mass is 79.9. The lowest BCUT2D eigenvalue weighted by Crippen LogP contribution is -2.18. The Morgan fingerprint density at radius 1 is 1.15 bits per heavy atom. The molecule has 0 aromatic heterocycles. The van der Waals surface area contributed by atoms with Gasteiger partial charge in [-0.05, 0) is 61.7 Å². The van der Waals surface area contributed by atoms with Crippen LogP contribution in [0.3, 0.4) is 0 Å². The van der Waals surface area contributed by atoms with Gasteiger partial charge in [0, 0.05) is 15.0 Å². The second-order valence-electron chi connectivity index (χ2n) is 4.95. The highest BCUT2D eigenvalue weighted by Crippen LogP contribution is 2.31. The molecular weight excluding hydrogens is 382 g/mol. The van der Waals surface area contributed by atoms with Crippen LogP contribution in [0.1, 0.15) is 18.1 Å². The van der Waals surface area contributed by atoms with E-state index in [1.54, 1.807) is 0 Å². The van der Waals surface area contributed by atoms with Gasteiger partial charge in [-0.1, -0.05) is 37.9 Å². The molecule has 0 amide bonds. The van der Waals surface area contributed by atoms with Crippen molar-refractivity contribution < 1.29 is 4.74 Å². The van der Waals surface area contributed by atoms with E-state index in [0.717, 1.165) is 38.0 Å². The van der Waals surface area contributed by atoms with Crippen LogP contribution >= 0.6 is 31.9 Å². The van der Waals surface area contributed by atoms with Crippen molar-refractivity contribution in [2.45, 2.75) is 26.3 Å². The summed E-state index contributed by atoms with van der Waals surface area (Å²) < 4.78 is 8.09. The van der Waals surface area contributed by atoms with Gasteiger partial charge in [0.05, 0.1) is 0 Å². The predicted molar refractivity (Wildman–Crippen MR) is 90.4 cm³/mol. The molecule has 0 spiro atoms. The third-order valence-corrected chi connectivity index (χ3v) is 4.31. The van der Waals surface area contributed by atoms with Crippen LogP contribution in [0.2, 0.25) is 0 Å². The molecule has 0 heterocycles. The summed E-state index contributed by atoms with van der Waals surface area (Å²) in [6.45, 7) is 4.04. The Labute approximate surface area is 136 Å². The van der Waals surface area contributed by atoms with Crippen molar-refractivity contribution in [3.8, 4) is 11.5 Å². The fraction of sp³-hybridized carbons (Fsp3) is 0.250. The Morgan fingerprint density at radius 3 is 2.55 bits per heavy atom. The van der Waals surface area contributed by atoms with Gasteiger partial charge in [0.15, 0.2) is 0 Å². The number of rotatable bonds is 4. The maximum atomic E-state index is 6.02. The third-order valence-electron chi connectivity index (χ3n) is 2.93. The van der Waals surface area contributed by atoms with E-state index in [9.17, 15) is 0 Å². The van der Waals surface area contributed by atoms with Crippen LogP contribution in [-0.4, -0.2) is 6.04 Å². The molecule has 1 atom stereocenters. The largest absolute Gasteiger partial charge is 0.457 e. The zero-order valence-corrected chi connectivity index (χ0v) is 14.7. The van der Waals surface area contributed by atoms with Crippen molar-refractivity contribution >= 4 is 31.9 Å². The van der Waals surface area contributed by atoms with Gasteiger partial charge in [0.25, 0.3) is 0 Å². The number of halogens is 2. The number of aryl methyl sites for hydroxylation is 1. The lowest BCUT2D eigenvalue weighted by molar-refractivity contribution is 0.473. The summed E-state index contributed by atoms with van der Waals surface area (Å²) >= 11 is 6.98. The number of hydrogen-bond acceptors (Lipinski definition) is 2. The van der Waals surface area contributed by atoms with Gasteiger partial charge in [0.2, 0.25) is 0 Å². The molecule has 0 bridgehead atoms. The summed E-state index contributed by atoms with van der Waals surface area (Å²) in [5.41, 5.74) is 8.15. The van der Waals surface area contributed by atoms with E-state index in [1.807, 2.05) is 44.2 Å². The van der Waals surface area contributed by atoms with E-state index in [1.165, 1.54) is 0 Å². The third kappa shape index (κ3) is 4.08. The molecule has 2 aromatic rings. The predicted octanol–water partition coefficient (Wildman–Crippen LogP) is 5.20. The highest BCUT2D eigenvalue weighted by Gasteiger charge is 2.09. The van der Waals surface area contributed by atoms with Crippen molar-refractivity contribution in [1.82, 2.24) is 0 Å². The van der Waals surface area contributed by atoms with E-state index in [2.05, 4.69) is 37.9 Å². The standard InChI is InChI=1S/C16H17Br2NO/c1-10-7-14(5-6-15(10)18)20-16-9-13(17)4-3-12(16)8-11(2)19/h3-7,9,11H,8,19H2,1-2H3. The number of hydrogen-bond donors (Lipinski definition) is 1. The molecule has 0 saturated heterocycles. The molecule has 2 aromatic carbocycles. The molecule has 20 heavy (non-hydrogen) atoms. The summed E-state index contributed by atoms with van der Waals surface area (Å²) in [4.78, 5) is 0. The summed E-state index contributed by atoms with van der Waals surface area (Å²) in [7, 11) is 0. The molecule has 2 rings (SSSR count). The first-order valence-electron chi connectivity index (χ1n) is 6.43. The topological polar surface area (TPSA) is 35.2 Å². The van der Waals surface area contributed by atoms with E-state index in [4.69, 9.17) is 10.5 Å². The maximum Gasteiger partial charge on any atom is 0.131 e. The van der Waals surface area contributed by atoms with Crippen LogP contribution in [-0.2, 0) is 6.42 Å². The van der Waals surface area contributed by atoms with E-state index >= 15 is 0 Å². The Kier molecular flexibility index (Phi) is 5.24. The van der Waals surface area contributed by atoms with E-state index in [0.29, 0.717) is 0 Å². The van der Waals surface area contributed by atoms with Gasteiger partial charge in [-0.15, -0.1) is 0 Å². The first-order valence-corrected chi connectivity index (χ1v) is 8.02. The molecule has 0 aliphatic rings. The lowest BCUT2D eigenvalue weighted by atomic mass is 10.1. The molecule has 2 nitrogen and oxygen atoms in total. The Hall–Kier alpha value is -0.840. The Morgan fingerprint density at radius 2 is 1.90 bits per heavy atom. The van der Waals surface area contributed by atoms with Crippen molar-refractivity contribution in [3.63, 3.8) is 0 Å². The van der Waals surface area contributed by atoms with Gasteiger partial charge in [-0.3, -0.25) is 0 Å². The molecule has 106 valence electrons. The average molecular weight is 399 g/mol. The number of benzene rings is 2. The van der Waals surface area contributed by atoms with Gasteiger partial charge >= 0.3 is 0 Å². The lowest BCUT2D eigenvalue weighted by Gasteiger charge is -2.14. The normalized spacial score (nSPS) is 12.2. The summed E-state index contributed by atoms with van der Waals surface area (Å²) in [6.07, 6.45) is 0.790. The summed E-state index contributed by atoms with van der Waals surface area (Å²) in [5, 5.41) is 0. The molecule has 4 heteroatoms. The smallest absolute Gasteiger partial charge is 0.131 e. The van der Waals surface area contributed by atoms with Gasteiger partial charge in [0.1, 0.15) is 11.5 Å². The number of nitrogens with two attached hydrogens (primary N) is 1. The second-order valence-corrected chi connectivity index (χ2v) is 6.72. The van der Waals surface area contributed by atoms with Crippen molar-refractivity contribution in [1.29, 1.82) is 0 Å². The second kappa shape index (κ2) is 6.74.